The lowest BCUT2D eigenvalue weighted by atomic mass is 10.1. The number of aryl methyl sites for hydroxylation is 2. The molecule has 0 unspecified atom stereocenters. The van der Waals surface area contributed by atoms with E-state index in [1.807, 2.05) is 32.0 Å². The van der Waals surface area contributed by atoms with Crippen LogP contribution in [0.1, 0.15) is 25.0 Å². The van der Waals surface area contributed by atoms with Gasteiger partial charge < -0.3 is 16.0 Å². The first-order chi connectivity index (χ1) is 10.9. The zero-order valence-corrected chi connectivity index (χ0v) is 14.2. The van der Waals surface area contributed by atoms with E-state index in [4.69, 9.17) is 5.73 Å². The van der Waals surface area contributed by atoms with E-state index in [-0.39, 0.29) is 17.3 Å². The molecule has 1 atom stereocenters. The Morgan fingerprint density at radius 2 is 2.22 bits per heavy atom. The van der Waals surface area contributed by atoms with E-state index in [1.54, 1.807) is 6.92 Å². The molecule has 0 saturated carbocycles. The van der Waals surface area contributed by atoms with E-state index < -0.39 is 5.25 Å². The summed E-state index contributed by atoms with van der Waals surface area (Å²) in [5, 5.41) is 2.87. The molecule has 0 saturated heterocycles. The molecule has 0 fully saturated rings. The van der Waals surface area contributed by atoms with Crippen LogP contribution in [-0.2, 0) is 11.2 Å². The molecule has 0 aliphatic rings. The fourth-order valence-corrected chi connectivity index (χ4v) is 2.98. The fourth-order valence-electron chi connectivity index (χ4n) is 2.16. The van der Waals surface area contributed by atoms with E-state index in [0.717, 1.165) is 35.0 Å². The van der Waals surface area contributed by atoms with E-state index in [1.165, 1.54) is 6.07 Å². The summed E-state index contributed by atoms with van der Waals surface area (Å²) in [6.45, 7) is 5.76. The largest absolute Gasteiger partial charge is 0.383 e. The van der Waals surface area contributed by atoms with Crippen molar-refractivity contribution >= 4 is 29.2 Å². The zero-order chi connectivity index (χ0) is 17.0. The first-order valence-electron chi connectivity index (χ1n) is 7.33. The van der Waals surface area contributed by atoms with Crippen molar-refractivity contribution in [3.8, 4) is 0 Å². The summed E-state index contributed by atoms with van der Waals surface area (Å²) in [6.07, 6.45) is 0.836. The molecular formula is C16H20N4O2S. The zero-order valence-electron chi connectivity index (χ0n) is 13.3. The van der Waals surface area contributed by atoms with Crippen molar-refractivity contribution in [1.82, 2.24) is 9.97 Å². The van der Waals surface area contributed by atoms with Gasteiger partial charge in [0, 0.05) is 11.8 Å². The number of nitrogens with two attached hydrogens (primary N) is 1. The van der Waals surface area contributed by atoms with Gasteiger partial charge in [-0.1, -0.05) is 36.9 Å². The van der Waals surface area contributed by atoms with Gasteiger partial charge in [-0.15, -0.1) is 0 Å². The highest BCUT2D eigenvalue weighted by atomic mass is 32.2. The van der Waals surface area contributed by atoms with Crippen LogP contribution in [0.4, 0.5) is 11.5 Å². The van der Waals surface area contributed by atoms with Gasteiger partial charge in [-0.2, -0.15) is 0 Å². The number of carbonyl (C=O) groups is 1. The maximum atomic E-state index is 12.4. The van der Waals surface area contributed by atoms with Crippen molar-refractivity contribution in [3.63, 3.8) is 0 Å². The van der Waals surface area contributed by atoms with Gasteiger partial charge in [0.25, 0.3) is 5.56 Å². The molecule has 1 heterocycles. The summed E-state index contributed by atoms with van der Waals surface area (Å²) < 4.78 is 0. The maximum Gasteiger partial charge on any atom is 0.253 e. The van der Waals surface area contributed by atoms with Gasteiger partial charge in [-0.3, -0.25) is 9.59 Å². The number of hydrogen-bond donors (Lipinski definition) is 3. The van der Waals surface area contributed by atoms with Crippen molar-refractivity contribution in [1.29, 1.82) is 0 Å². The maximum absolute atomic E-state index is 12.4. The summed E-state index contributed by atoms with van der Waals surface area (Å²) in [5.74, 6) is -0.0138. The highest BCUT2D eigenvalue weighted by Gasteiger charge is 2.18. The molecule has 2 aromatic rings. The first-order valence-corrected chi connectivity index (χ1v) is 8.21. The number of nitrogens with one attached hydrogen (secondary N) is 2. The highest BCUT2D eigenvalue weighted by molar-refractivity contribution is 8.00. The summed E-state index contributed by atoms with van der Waals surface area (Å²) in [7, 11) is 0. The lowest BCUT2D eigenvalue weighted by Gasteiger charge is -2.16. The molecule has 6 nitrogen and oxygen atoms in total. The van der Waals surface area contributed by atoms with Crippen LogP contribution in [0, 0.1) is 6.92 Å². The average Bonchev–Trinajstić information content (AvgIpc) is 2.48. The van der Waals surface area contributed by atoms with Gasteiger partial charge in [0.1, 0.15) is 5.82 Å². The van der Waals surface area contributed by atoms with Gasteiger partial charge >= 0.3 is 0 Å². The Kier molecular flexibility index (Phi) is 5.44. The molecule has 0 radical (unpaired) electrons. The second-order valence-electron chi connectivity index (χ2n) is 5.19. The Morgan fingerprint density at radius 1 is 1.48 bits per heavy atom. The number of rotatable bonds is 5. The Bertz CT molecular complexity index is 773. The van der Waals surface area contributed by atoms with E-state index in [0.29, 0.717) is 5.16 Å². The van der Waals surface area contributed by atoms with Crippen LogP contribution in [0.25, 0.3) is 0 Å². The van der Waals surface area contributed by atoms with Gasteiger partial charge in [0.05, 0.1) is 5.25 Å². The molecule has 1 amide bonds. The van der Waals surface area contributed by atoms with Gasteiger partial charge in [-0.05, 0) is 31.4 Å². The number of para-hydroxylation sites is 1. The third-order valence-electron chi connectivity index (χ3n) is 3.39. The summed E-state index contributed by atoms with van der Waals surface area (Å²) >= 11 is 1.16. The summed E-state index contributed by atoms with van der Waals surface area (Å²) in [4.78, 5) is 30.4. The number of amides is 1. The Morgan fingerprint density at radius 3 is 2.87 bits per heavy atom. The number of nitrogens with zero attached hydrogens (tertiary/aromatic N) is 1. The number of benzene rings is 1. The molecule has 1 aromatic carbocycles. The van der Waals surface area contributed by atoms with Crippen molar-refractivity contribution in [2.75, 3.05) is 11.1 Å². The standard InChI is InChI=1S/C16H20N4O2S/c1-4-11-7-5-6-9(2)14(11)20-15(22)10(3)23-16-18-12(17)8-13(21)19-16/h5-8,10H,4H2,1-3H3,(H,20,22)(H3,17,18,19,21)/t10-/m1/s1. The number of hydrogen-bond acceptors (Lipinski definition) is 5. The van der Waals surface area contributed by atoms with Crippen molar-refractivity contribution in [2.45, 2.75) is 37.6 Å². The van der Waals surface area contributed by atoms with Crippen molar-refractivity contribution in [3.05, 3.63) is 45.7 Å². The number of aromatic nitrogens is 2. The Labute approximate surface area is 138 Å². The number of carbonyl (C=O) groups excluding carboxylic acids is 1. The molecule has 122 valence electrons. The van der Waals surface area contributed by atoms with E-state index in [9.17, 15) is 9.59 Å². The Hall–Kier alpha value is -2.28. The number of anilines is 2. The fraction of sp³-hybridized carbons (Fsp3) is 0.312. The highest BCUT2D eigenvalue weighted by Crippen LogP contribution is 2.24. The lowest BCUT2D eigenvalue weighted by Crippen LogP contribution is -2.24. The first kappa shape index (κ1) is 17.1. The smallest absolute Gasteiger partial charge is 0.253 e. The van der Waals surface area contributed by atoms with E-state index in [2.05, 4.69) is 15.3 Å². The molecule has 0 bridgehead atoms. The van der Waals surface area contributed by atoms with Crippen LogP contribution < -0.4 is 16.6 Å². The van der Waals surface area contributed by atoms with Crippen LogP contribution in [0.3, 0.4) is 0 Å². The molecule has 4 N–H and O–H groups in total. The number of thioether (sulfide) groups is 1. The van der Waals surface area contributed by atoms with Crippen LogP contribution in [0.15, 0.2) is 34.2 Å². The average molecular weight is 332 g/mol. The topological polar surface area (TPSA) is 101 Å². The monoisotopic (exact) mass is 332 g/mol. The lowest BCUT2D eigenvalue weighted by molar-refractivity contribution is -0.115. The third-order valence-corrected chi connectivity index (χ3v) is 4.37. The van der Waals surface area contributed by atoms with E-state index >= 15 is 0 Å². The van der Waals surface area contributed by atoms with Gasteiger partial charge in [-0.25, -0.2) is 4.98 Å². The summed E-state index contributed by atoms with van der Waals surface area (Å²) in [6, 6.07) is 7.14. The normalized spacial score (nSPS) is 12.0. The second kappa shape index (κ2) is 7.32. The summed E-state index contributed by atoms with van der Waals surface area (Å²) in [5.41, 5.74) is 8.17. The van der Waals surface area contributed by atoms with Crippen LogP contribution >= 0.6 is 11.8 Å². The molecule has 0 spiro atoms. The number of aromatic amines is 1. The van der Waals surface area contributed by atoms with Gasteiger partial charge in [0.15, 0.2) is 5.16 Å². The molecule has 2 rings (SSSR count). The predicted molar refractivity (Wildman–Crippen MR) is 93.8 cm³/mol. The number of H-pyrrole nitrogens is 1. The minimum atomic E-state index is -0.427. The molecule has 23 heavy (non-hydrogen) atoms. The molecule has 7 heteroatoms. The predicted octanol–water partition coefficient (Wildman–Crippen LogP) is 2.34. The second-order valence-corrected chi connectivity index (χ2v) is 6.52. The van der Waals surface area contributed by atoms with Crippen LogP contribution in [0.2, 0.25) is 0 Å². The SMILES string of the molecule is CCc1cccc(C)c1NC(=O)[C@@H](C)Sc1nc(N)cc(=O)[nH]1. The molecule has 0 aliphatic heterocycles. The van der Waals surface area contributed by atoms with Crippen LogP contribution in [-0.4, -0.2) is 21.1 Å². The minimum Gasteiger partial charge on any atom is -0.383 e. The molecule has 1 aromatic heterocycles. The quantitative estimate of drug-likeness (QED) is 0.576. The van der Waals surface area contributed by atoms with Gasteiger partial charge in [0.2, 0.25) is 5.91 Å². The van der Waals surface area contributed by atoms with Crippen molar-refractivity contribution < 1.29 is 4.79 Å². The third kappa shape index (κ3) is 4.35. The molecular weight excluding hydrogens is 312 g/mol. The number of nitrogen functional groups attached to an aromatic ring is 1. The van der Waals surface area contributed by atoms with Crippen molar-refractivity contribution in [2.24, 2.45) is 0 Å². The minimum absolute atomic E-state index is 0.135. The Balaban J connectivity index is 2.13. The van der Waals surface area contributed by atoms with Crippen LogP contribution in [0.5, 0.6) is 0 Å². The molecule has 0 aliphatic carbocycles.